The van der Waals surface area contributed by atoms with Gasteiger partial charge in [-0.3, -0.25) is 10.1 Å². The van der Waals surface area contributed by atoms with Gasteiger partial charge in [0.25, 0.3) is 0 Å². The second kappa shape index (κ2) is 4.02. The molecule has 2 heterocycles. The highest BCUT2D eigenvalue weighted by Gasteiger charge is 2.52. The molecule has 1 N–H and O–H groups in total. The number of nitrogens with zero attached hydrogens (tertiary/aromatic N) is 1. The Hall–Kier alpha value is -1.03. The normalized spacial score (nSPS) is 35.2. The molecule has 2 fully saturated rings. The summed E-state index contributed by atoms with van der Waals surface area (Å²) in [6, 6.07) is 0. The van der Waals surface area contributed by atoms with Gasteiger partial charge in [0.05, 0.1) is 12.8 Å². The fourth-order valence-corrected chi connectivity index (χ4v) is 3.55. The largest absolute Gasteiger partial charge is 0.465 e. The lowest BCUT2D eigenvalue weighted by molar-refractivity contribution is -0.156. The smallest absolute Gasteiger partial charge is 0.318 e. The molecule has 2 atom stereocenters. The molecule has 2 aliphatic heterocycles. The van der Waals surface area contributed by atoms with Crippen molar-refractivity contribution in [2.75, 3.05) is 19.7 Å². The number of ether oxygens (including phenoxy) is 1. The van der Waals surface area contributed by atoms with E-state index in [1.54, 1.807) is 0 Å². The molecule has 0 aromatic rings. The molecule has 0 bridgehead atoms. The van der Waals surface area contributed by atoms with Crippen molar-refractivity contribution >= 4 is 5.97 Å². The van der Waals surface area contributed by atoms with Gasteiger partial charge in [-0.2, -0.15) is 0 Å². The van der Waals surface area contributed by atoms with Crippen LogP contribution in [0.25, 0.3) is 0 Å². The number of carbonyl (C=O) groups is 1. The quantitative estimate of drug-likeness (QED) is 0.732. The predicted molar refractivity (Wildman–Crippen MR) is 64.1 cm³/mol. The Labute approximate surface area is 102 Å². The highest BCUT2D eigenvalue weighted by molar-refractivity contribution is 5.81. The number of piperidine rings is 1. The van der Waals surface area contributed by atoms with Crippen molar-refractivity contribution in [2.24, 2.45) is 5.41 Å². The van der Waals surface area contributed by atoms with Crippen LogP contribution in [-0.2, 0) is 9.53 Å². The topological polar surface area (TPSA) is 41.6 Å². The van der Waals surface area contributed by atoms with Crippen LogP contribution in [0.2, 0.25) is 0 Å². The van der Waals surface area contributed by atoms with Crippen LogP contribution >= 0.6 is 0 Å². The number of allylic oxidation sites excluding steroid dienone is 1. The van der Waals surface area contributed by atoms with E-state index in [1.165, 1.54) is 5.70 Å². The average molecular weight is 236 g/mol. The number of nitrogens with one attached hydrogen (secondary N) is 1. The molecule has 0 aromatic heterocycles. The third kappa shape index (κ3) is 1.50. The Kier molecular flexibility index (Phi) is 2.62. The van der Waals surface area contributed by atoms with E-state index in [9.17, 15) is 4.79 Å². The van der Waals surface area contributed by atoms with E-state index in [4.69, 9.17) is 4.74 Å². The van der Waals surface area contributed by atoms with E-state index in [0.29, 0.717) is 12.8 Å². The van der Waals surface area contributed by atoms with Gasteiger partial charge in [-0.1, -0.05) is 6.08 Å². The van der Waals surface area contributed by atoms with Crippen molar-refractivity contribution < 1.29 is 9.53 Å². The lowest BCUT2D eigenvalue weighted by Gasteiger charge is -2.43. The number of carbonyl (C=O) groups excluding carboxylic acids is 1. The van der Waals surface area contributed by atoms with Gasteiger partial charge in [0.2, 0.25) is 0 Å². The van der Waals surface area contributed by atoms with E-state index >= 15 is 0 Å². The van der Waals surface area contributed by atoms with Crippen LogP contribution in [0.15, 0.2) is 11.8 Å². The fraction of sp³-hybridized carbons (Fsp3) is 0.769. The number of fused-ring (bicyclic) bond motifs is 3. The van der Waals surface area contributed by atoms with Crippen molar-refractivity contribution in [1.82, 2.24) is 10.2 Å². The third-order valence-electron chi connectivity index (χ3n) is 4.33. The minimum atomic E-state index is -0.321. The monoisotopic (exact) mass is 236 g/mol. The van der Waals surface area contributed by atoms with Crippen LogP contribution in [0, 0.1) is 5.41 Å². The number of esters is 1. The molecule has 94 valence electrons. The van der Waals surface area contributed by atoms with Crippen molar-refractivity contribution in [1.29, 1.82) is 0 Å². The van der Waals surface area contributed by atoms with Crippen LogP contribution in [0.4, 0.5) is 0 Å². The molecule has 3 rings (SSSR count). The summed E-state index contributed by atoms with van der Waals surface area (Å²) >= 11 is 0. The van der Waals surface area contributed by atoms with Crippen LogP contribution < -0.4 is 5.32 Å². The summed E-state index contributed by atoms with van der Waals surface area (Å²) in [5, 5.41) is 3.49. The summed E-state index contributed by atoms with van der Waals surface area (Å²) in [6.45, 7) is 4.42. The first-order chi connectivity index (χ1) is 8.28. The average Bonchev–Trinajstić information content (AvgIpc) is 2.95. The molecular formula is C13H20N2O2. The van der Waals surface area contributed by atoms with Crippen molar-refractivity contribution in [3.63, 3.8) is 0 Å². The summed E-state index contributed by atoms with van der Waals surface area (Å²) in [4.78, 5) is 14.7. The summed E-state index contributed by atoms with van der Waals surface area (Å²) in [7, 11) is 0. The van der Waals surface area contributed by atoms with Crippen molar-refractivity contribution in [2.45, 2.75) is 38.8 Å². The molecule has 1 aliphatic carbocycles. The van der Waals surface area contributed by atoms with Gasteiger partial charge in [0.15, 0.2) is 0 Å². The van der Waals surface area contributed by atoms with Gasteiger partial charge >= 0.3 is 5.97 Å². The highest BCUT2D eigenvalue weighted by Crippen LogP contribution is 2.50. The van der Waals surface area contributed by atoms with Crippen LogP contribution in [0.5, 0.6) is 0 Å². The Morgan fingerprint density at radius 2 is 2.53 bits per heavy atom. The molecule has 0 amide bonds. The third-order valence-corrected chi connectivity index (χ3v) is 4.33. The molecule has 4 nitrogen and oxygen atoms in total. The second-order valence-corrected chi connectivity index (χ2v) is 5.13. The lowest BCUT2D eigenvalue weighted by Crippen LogP contribution is -2.49. The Morgan fingerprint density at radius 3 is 3.35 bits per heavy atom. The van der Waals surface area contributed by atoms with Crippen LogP contribution in [0.3, 0.4) is 0 Å². The number of hydrogen-bond donors (Lipinski definition) is 1. The van der Waals surface area contributed by atoms with E-state index in [1.807, 2.05) is 6.92 Å². The van der Waals surface area contributed by atoms with Crippen molar-refractivity contribution in [3.8, 4) is 0 Å². The molecule has 0 radical (unpaired) electrons. The fourth-order valence-electron chi connectivity index (χ4n) is 3.55. The Bertz CT molecular complexity index is 366. The van der Waals surface area contributed by atoms with Gasteiger partial charge < -0.3 is 9.64 Å². The minimum absolute atomic E-state index is 0.00546. The lowest BCUT2D eigenvalue weighted by atomic mass is 9.76. The Balaban J connectivity index is 1.90. The van der Waals surface area contributed by atoms with Crippen LogP contribution in [0.1, 0.15) is 32.6 Å². The second-order valence-electron chi connectivity index (χ2n) is 5.13. The standard InChI is InChI=1S/C13H20N2O2/c1-2-17-12(16)13-6-3-4-10(13)15-9-8-14-11(15)5-7-13/h4,11,14H,2-3,5-9H2,1H3/t11-,13-/m1/s1. The van der Waals surface area contributed by atoms with Gasteiger partial charge in [0, 0.05) is 18.8 Å². The summed E-state index contributed by atoms with van der Waals surface area (Å²) in [5.74, 6) is -0.00546. The molecule has 4 heteroatoms. The zero-order valence-corrected chi connectivity index (χ0v) is 10.4. The molecule has 0 saturated carbocycles. The van der Waals surface area contributed by atoms with E-state index in [2.05, 4.69) is 16.3 Å². The molecule has 3 aliphatic rings. The van der Waals surface area contributed by atoms with Gasteiger partial charge in [0.1, 0.15) is 5.41 Å². The van der Waals surface area contributed by atoms with Crippen molar-refractivity contribution in [3.05, 3.63) is 11.8 Å². The van der Waals surface area contributed by atoms with Gasteiger partial charge in [-0.25, -0.2) is 0 Å². The maximum Gasteiger partial charge on any atom is 0.318 e. The SMILES string of the molecule is CCOC(=O)[C@@]12CCC=C1N1CCN[C@H]1CC2. The van der Waals surface area contributed by atoms with Crippen LogP contribution in [-0.4, -0.2) is 36.7 Å². The first kappa shape index (κ1) is 11.1. The molecule has 17 heavy (non-hydrogen) atoms. The van der Waals surface area contributed by atoms with Gasteiger partial charge in [-0.15, -0.1) is 0 Å². The minimum Gasteiger partial charge on any atom is -0.465 e. The predicted octanol–water partition coefficient (Wildman–Crippen LogP) is 1.24. The zero-order valence-electron chi connectivity index (χ0n) is 10.4. The number of hydrogen-bond acceptors (Lipinski definition) is 4. The summed E-state index contributed by atoms with van der Waals surface area (Å²) < 4.78 is 5.31. The maximum atomic E-state index is 12.3. The van der Waals surface area contributed by atoms with E-state index < -0.39 is 0 Å². The summed E-state index contributed by atoms with van der Waals surface area (Å²) in [6.07, 6.45) is 6.63. The van der Waals surface area contributed by atoms with E-state index in [-0.39, 0.29) is 11.4 Å². The molecule has 0 unspecified atom stereocenters. The van der Waals surface area contributed by atoms with Gasteiger partial charge in [-0.05, 0) is 32.6 Å². The number of rotatable bonds is 2. The first-order valence-corrected chi connectivity index (χ1v) is 6.66. The maximum absolute atomic E-state index is 12.3. The molecular weight excluding hydrogens is 216 g/mol. The Morgan fingerprint density at radius 1 is 1.65 bits per heavy atom. The molecule has 0 spiro atoms. The van der Waals surface area contributed by atoms with E-state index in [0.717, 1.165) is 38.8 Å². The highest BCUT2D eigenvalue weighted by atomic mass is 16.5. The zero-order chi connectivity index (χ0) is 11.9. The molecule has 0 aromatic carbocycles. The molecule has 2 saturated heterocycles. The first-order valence-electron chi connectivity index (χ1n) is 6.66. The summed E-state index contributed by atoms with van der Waals surface area (Å²) in [5.41, 5.74) is 0.913.